The van der Waals surface area contributed by atoms with Crippen LogP contribution in [0.3, 0.4) is 0 Å². The Morgan fingerprint density at radius 1 is 1.60 bits per heavy atom. The van der Waals surface area contributed by atoms with Gasteiger partial charge < -0.3 is 10.4 Å². The fraction of sp³-hybridized carbons (Fsp3) is 0.375. The number of aliphatic hydroxyl groups excluding tert-OH is 1. The first-order valence-corrected chi connectivity index (χ1v) is 4.34. The fourth-order valence-electron chi connectivity index (χ4n) is 0.916. The molecule has 0 bridgehead atoms. The van der Waals surface area contributed by atoms with Gasteiger partial charge in [0.05, 0.1) is 6.61 Å². The number of hydrogen-bond acceptors (Lipinski definition) is 4. The van der Waals surface area contributed by atoms with Gasteiger partial charge in [0.25, 0.3) is 0 Å². The number of nitrogens with one attached hydrogen (secondary N) is 2. The summed E-state index contributed by atoms with van der Waals surface area (Å²) in [6, 6.07) is -0.556. The number of amides is 2. The highest BCUT2D eigenvalue weighted by molar-refractivity contribution is 5.88. The number of halogens is 1. The highest BCUT2D eigenvalue weighted by atomic mass is 19.1. The monoisotopic (exact) mass is 214 g/mol. The SMILES string of the molecule is CCNC(=O)Nc1ncnc(CO)c1F. The maximum Gasteiger partial charge on any atom is 0.320 e. The number of aromatic nitrogens is 2. The lowest BCUT2D eigenvalue weighted by Gasteiger charge is -2.06. The van der Waals surface area contributed by atoms with Crippen molar-refractivity contribution in [1.29, 1.82) is 0 Å². The normalized spacial score (nSPS) is 9.80. The van der Waals surface area contributed by atoms with Gasteiger partial charge in [-0.2, -0.15) is 0 Å². The molecule has 0 aliphatic rings. The summed E-state index contributed by atoms with van der Waals surface area (Å²) in [6.07, 6.45) is 1.07. The minimum atomic E-state index is -0.828. The Hall–Kier alpha value is -1.76. The summed E-state index contributed by atoms with van der Waals surface area (Å²) in [7, 11) is 0. The van der Waals surface area contributed by atoms with Gasteiger partial charge in [-0.05, 0) is 6.92 Å². The molecule has 0 atom stereocenters. The van der Waals surface area contributed by atoms with Crippen molar-refractivity contribution >= 4 is 11.8 Å². The summed E-state index contributed by atoms with van der Waals surface area (Å²) in [5, 5.41) is 13.3. The molecule has 1 heterocycles. The number of aliphatic hydroxyl groups is 1. The molecule has 0 aliphatic carbocycles. The number of urea groups is 1. The molecule has 0 saturated heterocycles. The van der Waals surface area contributed by atoms with Crippen LogP contribution in [-0.4, -0.2) is 27.7 Å². The Kier molecular flexibility index (Phi) is 3.92. The number of rotatable bonds is 3. The summed E-state index contributed by atoms with van der Waals surface area (Å²) in [4.78, 5) is 18.1. The first-order valence-electron chi connectivity index (χ1n) is 4.34. The van der Waals surface area contributed by atoms with E-state index >= 15 is 0 Å². The molecule has 0 spiro atoms. The smallest absolute Gasteiger partial charge is 0.320 e. The van der Waals surface area contributed by atoms with Crippen molar-refractivity contribution in [3.05, 3.63) is 17.8 Å². The molecule has 2 amide bonds. The van der Waals surface area contributed by atoms with Crippen LogP contribution in [0.4, 0.5) is 15.0 Å². The molecule has 0 fully saturated rings. The van der Waals surface area contributed by atoms with Crippen LogP contribution >= 0.6 is 0 Å². The maximum atomic E-state index is 13.3. The molecule has 0 radical (unpaired) electrons. The second-order valence-electron chi connectivity index (χ2n) is 2.63. The van der Waals surface area contributed by atoms with Crippen molar-refractivity contribution < 1.29 is 14.3 Å². The van der Waals surface area contributed by atoms with E-state index in [0.717, 1.165) is 6.33 Å². The van der Waals surface area contributed by atoms with Gasteiger partial charge >= 0.3 is 6.03 Å². The van der Waals surface area contributed by atoms with Gasteiger partial charge in [-0.15, -0.1) is 0 Å². The lowest BCUT2D eigenvalue weighted by molar-refractivity contribution is 0.252. The molecule has 0 aliphatic heterocycles. The van der Waals surface area contributed by atoms with E-state index in [-0.39, 0.29) is 11.5 Å². The largest absolute Gasteiger partial charge is 0.390 e. The third-order valence-electron chi connectivity index (χ3n) is 1.58. The van der Waals surface area contributed by atoms with Crippen LogP contribution in [0.15, 0.2) is 6.33 Å². The van der Waals surface area contributed by atoms with Gasteiger partial charge in [-0.25, -0.2) is 19.2 Å². The van der Waals surface area contributed by atoms with Crippen molar-refractivity contribution in [2.45, 2.75) is 13.5 Å². The molecule has 7 heteroatoms. The van der Waals surface area contributed by atoms with Gasteiger partial charge in [0, 0.05) is 6.54 Å². The maximum absolute atomic E-state index is 13.3. The Morgan fingerprint density at radius 3 is 2.93 bits per heavy atom. The molecule has 1 aromatic rings. The van der Waals surface area contributed by atoms with Crippen molar-refractivity contribution in [1.82, 2.24) is 15.3 Å². The van der Waals surface area contributed by atoms with Crippen LogP contribution in [0.1, 0.15) is 12.6 Å². The molecule has 3 N–H and O–H groups in total. The van der Waals surface area contributed by atoms with Gasteiger partial charge in [0.2, 0.25) is 0 Å². The van der Waals surface area contributed by atoms with E-state index in [9.17, 15) is 9.18 Å². The minimum Gasteiger partial charge on any atom is -0.390 e. The van der Waals surface area contributed by atoms with E-state index in [0.29, 0.717) is 6.54 Å². The molecule has 15 heavy (non-hydrogen) atoms. The summed E-state index contributed by atoms with van der Waals surface area (Å²) in [5.41, 5.74) is -0.156. The van der Waals surface area contributed by atoms with Crippen LogP contribution in [-0.2, 0) is 6.61 Å². The topological polar surface area (TPSA) is 87.1 Å². The second kappa shape index (κ2) is 5.20. The van der Waals surface area contributed by atoms with Crippen molar-refractivity contribution in [2.75, 3.05) is 11.9 Å². The van der Waals surface area contributed by atoms with Crippen LogP contribution in [0.25, 0.3) is 0 Å². The third kappa shape index (κ3) is 2.84. The average molecular weight is 214 g/mol. The number of carbonyl (C=O) groups is 1. The summed E-state index contributed by atoms with van der Waals surface area (Å²) in [5.74, 6) is -1.08. The zero-order chi connectivity index (χ0) is 11.3. The number of nitrogens with zero attached hydrogens (tertiary/aromatic N) is 2. The number of anilines is 1. The Balaban J connectivity index is 2.81. The molecule has 0 saturated carbocycles. The Bertz CT molecular complexity index is 358. The van der Waals surface area contributed by atoms with E-state index in [4.69, 9.17) is 5.11 Å². The van der Waals surface area contributed by atoms with Gasteiger partial charge in [-0.3, -0.25) is 5.32 Å². The van der Waals surface area contributed by atoms with E-state index in [2.05, 4.69) is 20.6 Å². The predicted molar refractivity (Wildman–Crippen MR) is 50.6 cm³/mol. The molecule has 1 rings (SSSR count). The standard InChI is InChI=1S/C8H11FN4O2/c1-2-10-8(15)13-7-6(9)5(3-14)11-4-12-7/h4,14H,2-3H2,1H3,(H2,10,11,12,13,15). The zero-order valence-electron chi connectivity index (χ0n) is 8.12. The third-order valence-corrected chi connectivity index (χ3v) is 1.58. The first kappa shape index (κ1) is 11.3. The van der Waals surface area contributed by atoms with Crippen LogP contribution in [0, 0.1) is 5.82 Å². The highest BCUT2D eigenvalue weighted by Crippen LogP contribution is 2.12. The van der Waals surface area contributed by atoms with E-state index < -0.39 is 18.5 Å². The number of hydrogen-bond donors (Lipinski definition) is 3. The van der Waals surface area contributed by atoms with Crippen molar-refractivity contribution in [2.24, 2.45) is 0 Å². The molecule has 1 aromatic heterocycles. The molecule has 0 aromatic carbocycles. The number of carbonyl (C=O) groups excluding carboxylic acids is 1. The van der Waals surface area contributed by atoms with Crippen molar-refractivity contribution in [3.8, 4) is 0 Å². The van der Waals surface area contributed by atoms with E-state index in [1.807, 2.05) is 0 Å². The predicted octanol–water partition coefficient (Wildman–Crippen LogP) is 0.249. The van der Waals surface area contributed by atoms with E-state index in [1.165, 1.54) is 0 Å². The molecular formula is C8H11FN4O2. The Morgan fingerprint density at radius 2 is 2.33 bits per heavy atom. The lowest BCUT2D eigenvalue weighted by Crippen LogP contribution is -2.29. The molecule has 82 valence electrons. The molecular weight excluding hydrogens is 203 g/mol. The van der Waals surface area contributed by atoms with Gasteiger partial charge in [0.15, 0.2) is 11.6 Å². The second-order valence-corrected chi connectivity index (χ2v) is 2.63. The van der Waals surface area contributed by atoms with Crippen LogP contribution in [0.2, 0.25) is 0 Å². The minimum absolute atomic E-state index is 0.156. The molecule has 0 unspecified atom stereocenters. The van der Waals surface area contributed by atoms with Gasteiger partial charge in [-0.1, -0.05) is 0 Å². The summed E-state index contributed by atoms with van der Waals surface area (Å²) in [6.45, 7) is 1.61. The van der Waals surface area contributed by atoms with Crippen LogP contribution < -0.4 is 10.6 Å². The summed E-state index contributed by atoms with van der Waals surface area (Å²) >= 11 is 0. The van der Waals surface area contributed by atoms with Crippen LogP contribution in [0.5, 0.6) is 0 Å². The lowest BCUT2D eigenvalue weighted by atomic mass is 10.4. The first-order chi connectivity index (χ1) is 7.19. The van der Waals surface area contributed by atoms with Gasteiger partial charge in [0.1, 0.15) is 12.0 Å². The quantitative estimate of drug-likeness (QED) is 0.673. The summed E-state index contributed by atoms with van der Waals surface area (Å²) < 4.78 is 13.3. The van der Waals surface area contributed by atoms with Crippen molar-refractivity contribution in [3.63, 3.8) is 0 Å². The Labute approximate surface area is 85.6 Å². The fourth-order valence-corrected chi connectivity index (χ4v) is 0.916. The zero-order valence-corrected chi connectivity index (χ0v) is 8.12. The molecule has 6 nitrogen and oxygen atoms in total. The van der Waals surface area contributed by atoms with E-state index in [1.54, 1.807) is 6.92 Å². The highest BCUT2D eigenvalue weighted by Gasteiger charge is 2.11. The average Bonchev–Trinajstić information content (AvgIpc) is 2.21.